The molecule has 2 rings (SSSR count). The molecule has 1 N–H and O–H groups in total. The smallest absolute Gasteiger partial charge is 0.430 e. The van der Waals surface area contributed by atoms with Crippen LogP contribution in [0.3, 0.4) is 0 Å². The summed E-state index contributed by atoms with van der Waals surface area (Å²) in [5.41, 5.74) is -5.70. The maximum Gasteiger partial charge on any atom is 0.430 e. The quantitative estimate of drug-likeness (QED) is 0.526. The molecule has 2 aromatic carbocycles. The number of benzene rings is 2. The fraction of sp³-hybridized carbons (Fsp3) is 0.350. The number of halogens is 6. The molecule has 0 spiro atoms. The molecular formula is C20H19F6NO3. The number of hydrogen-bond donors (Lipinski definition) is 1. The van der Waals surface area contributed by atoms with Crippen LogP contribution < -0.4 is 4.90 Å². The summed E-state index contributed by atoms with van der Waals surface area (Å²) >= 11 is 0. The molecule has 0 aliphatic rings. The highest BCUT2D eigenvalue weighted by molar-refractivity contribution is 5.81. The summed E-state index contributed by atoms with van der Waals surface area (Å²) < 4.78 is 83.2. The van der Waals surface area contributed by atoms with Crippen molar-refractivity contribution in [3.63, 3.8) is 0 Å². The van der Waals surface area contributed by atoms with Crippen LogP contribution in [0, 0.1) is 0 Å². The Bertz CT molecular complexity index is 836. The number of ether oxygens (including phenoxy) is 1. The Morgan fingerprint density at radius 1 is 0.967 bits per heavy atom. The lowest BCUT2D eigenvalue weighted by molar-refractivity contribution is -0.376. The third-order valence-electron chi connectivity index (χ3n) is 4.63. The molecule has 0 saturated heterocycles. The zero-order chi connectivity index (χ0) is 22.7. The first-order valence-electron chi connectivity index (χ1n) is 8.74. The van der Waals surface area contributed by atoms with Crippen LogP contribution in [0.2, 0.25) is 0 Å². The Hall–Kier alpha value is -2.75. The van der Waals surface area contributed by atoms with Crippen molar-refractivity contribution in [2.45, 2.75) is 30.9 Å². The van der Waals surface area contributed by atoms with Crippen molar-refractivity contribution in [1.29, 1.82) is 0 Å². The molecule has 30 heavy (non-hydrogen) atoms. The van der Waals surface area contributed by atoms with Gasteiger partial charge in [0.2, 0.25) is 0 Å². The number of rotatable bonds is 6. The van der Waals surface area contributed by atoms with Gasteiger partial charge in [0.15, 0.2) is 6.04 Å². The van der Waals surface area contributed by atoms with E-state index in [-0.39, 0.29) is 12.2 Å². The Labute approximate surface area is 168 Å². The van der Waals surface area contributed by atoms with Gasteiger partial charge in [-0.05, 0) is 24.6 Å². The second kappa shape index (κ2) is 8.55. The third-order valence-corrected chi connectivity index (χ3v) is 4.63. The van der Waals surface area contributed by atoms with E-state index in [1.54, 1.807) is 37.3 Å². The molecule has 0 heterocycles. The molecule has 2 aromatic rings. The number of carbonyl (C=O) groups excluding carboxylic acids is 1. The predicted octanol–water partition coefficient (Wildman–Crippen LogP) is 4.74. The summed E-state index contributed by atoms with van der Waals surface area (Å²) in [6.07, 6.45) is -12.0. The standard InChI is InChI=1S/C20H19F6NO3/c1-3-27(16(17(28)30-2)13-7-5-4-6-8-13)15-11-9-14(10-12-15)18(29,19(21,22)23)20(24,25)26/h4-12,16,29H,3H2,1-2H3. The number of nitrogens with zero attached hydrogens (tertiary/aromatic N) is 1. The summed E-state index contributed by atoms with van der Waals surface area (Å²) in [6, 6.07) is 10.4. The lowest BCUT2D eigenvalue weighted by Crippen LogP contribution is -2.53. The first-order valence-corrected chi connectivity index (χ1v) is 8.74. The van der Waals surface area contributed by atoms with E-state index in [0.29, 0.717) is 17.7 Å². The van der Waals surface area contributed by atoms with Crippen molar-refractivity contribution in [1.82, 2.24) is 0 Å². The predicted molar refractivity (Wildman–Crippen MR) is 96.7 cm³/mol. The largest absolute Gasteiger partial charge is 0.467 e. The number of anilines is 1. The minimum atomic E-state index is -5.98. The molecule has 0 aliphatic heterocycles. The molecule has 4 nitrogen and oxygen atoms in total. The van der Waals surface area contributed by atoms with Crippen molar-refractivity contribution in [3.8, 4) is 0 Å². The molecule has 0 bridgehead atoms. The van der Waals surface area contributed by atoms with Crippen LogP contribution in [0.25, 0.3) is 0 Å². The first kappa shape index (κ1) is 23.5. The van der Waals surface area contributed by atoms with Gasteiger partial charge >= 0.3 is 18.3 Å². The molecule has 0 aliphatic carbocycles. The summed E-state index contributed by atoms with van der Waals surface area (Å²) in [5.74, 6) is -0.658. The maximum absolute atomic E-state index is 13.1. The van der Waals surface area contributed by atoms with E-state index in [1.807, 2.05) is 0 Å². The van der Waals surface area contributed by atoms with Crippen LogP contribution in [0.1, 0.15) is 24.1 Å². The summed E-state index contributed by atoms with van der Waals surface area (Å²) in [7, 11) is 1.17. The average molecular weight is 435 g/mol. The van der Waals surface area contributed by atoms with Crippen LogP contribution in [-0.4, -0.2) is 37.1 Å². The van der Waals surface area contributed by atoms with Gasteiger partial charge in [0.05, 0.1) is 7.11 Å². The third kappa shape index (κ3) is 4.23. The van der Waals surface area contributed by atoms with E-state index in [4.69, 9.17) is 4.74 Å². The van der Waals surface area contributed by atoms with Crippen molar-refractivity contribution in [3.05, 3.63) is 65.7 Å². The highest BCUT2D eigenvalue weighted by Gasteiger charge is 2.71. The second-order valence-corrected chi connectivity index (χ2v) is 6.38. The normalized spacial score (nSPS) is 13.6. The highest BCUT2D eigenvalue weighted by atomic mass is 19.4. The van der Waals surface area contributed by atoms with Crippen LogP contribution in [-0.2, 0) is 15.1 Å². The Kier molecular flexibility index (Phi) is 6.70. The van der Waals surface area contributed by atoms with Gasteiger partial charge in [-0.1, -0.05) is 42.5 Å². The van der Waals surface area contributed by atoms with Gasteiger partial charge in [0.25, 0.3) is 5.60 Å². The van der Waals surface area contributed by atoms with E-state index in [1.165, 1.54) is 12.0 Å². The number of alkyl halides is 6. The molecule has 10 heteroatoms. The van der Waals surface area contributed by atoms with Crippen LogP contribution in [0.15, 0.2) is 54.6 Å². The van der Waals surface area contributed by atoms with Gasteiger partial charge in [-0.3, -0.25) is 0 Å². The fourth-order valence-corrected chi connectivity index (χ4v) is 3.09. The summed E-state index contributed by atoms with van der Waals surface area (Å²) in [5, 5.41) is 9.52. The van der Waals surface area contributed by atoms with Crippen molar-refractivity contribution < 1.29 is 41.0 Å². The van der Waals surface area contributed by atoms with E-state index < -0.39 is 35.5 Å². The van der Waals surface area contributed by atoms with Crippen LogP contribution in [0.4, 0.5) is 32.0 Å². The van der Waals surface area contributed by atoms with E-state index >= 15 is 0 Å². The van der Waals surface area contributed by atoms with Gasteiger partial charge in [-0.2, -0.15) is 26.3 Å². The molecule has 0 fully saturated rings. The molecule has 1 unspecified atom stereocenters. The first-order chi connectivity index (χ1) is 13.9. The molecule has 1 atom stereocenters. The minimum Gasteiger partial charge on any atom is -0.467 e. The van der Waals surface area contributed by atoms with Gasteiger partial charge in [-0.25, -0.2) is 4.79 Å². The highest BCUT2D eigenvalue weighted by Crippen LogP contribution is 2.50. The summed E-state index contributed by atoms with van der Waals surface area (Å²) in [6.45, 7) is 1.85. The molecule has 0 amide bonds. The Balaban J connectivity index is 2.52. The molecule has 0 aromatic heterocycles. The lowest BCUT2D eigenvalue weighted by Gasteiger charge is -2.34. The molecule has 164 valence electrons. The van der Waals surface area contributed by atoms with Crippen LogP contribution in [0.5, 0.6) is 0 Å². The van der Waals surface area contributed by atoms with Gasteiger partial charge < -0.3 is 14.7 Å². The molecule has 0 radical (unpaired) electrons. The van der Waals surface area contributed by atoms with Crippen molar-refractivity contribution >= 4 is 11.7 Å². The number of aliphatic hydroxyl groups is 1. The zero-order valence-corrected chi connectivity index (χ0v) is 16.0. The number of esters is 1. The topological polar surface area (TPSA) is 49.8 Å². The minimum absolute atomic E-state index is 0.173. The van der Waals surface area contributed by atoms with Gasteiger partial charge in [-0.15, -0.1) is 0 Å². The monoisotopic (exact) mass is 435 g/mol. The Morgan fingerprint density at radius 2 is 1.47 bits per heavy atom. The van der Waals surface area contributed by atoms with Crippen molar-refractivity contribution in [2.24, 2.45) is 0 Å². The molecule has 0 saturated carbocycles. The van der Waals surface area contributed by atoms with E-state index in [9.17, 15) is 36.2 Å². The Morgan fingerprint density at radius 3 is 1.87 bits per heavy atom. The number of methoxy groups -OCH3 is 1. The number of likely N-dealkylation sites (N-methyl/N-ethyl adjacent to an activating group) is 1. The number of carbonyl (C=O) groups is 1. The SMILES string of the molecule is CCN(c1ccc(C(O)(C(F)(F)F)C(F)(F)F)cc1)C(C(=O)OC)c1ccccc1. The number of hydrogen-bond acceptors (Lipinski definition) is 4. The second-order valence-electron chi connectivity index (χ2n) is 6.38. The average Bonchev–Trinajstić information content (AvgIpc) is 2.70. The fourth-order valence-electron chi connectivity index (χ4n) is 3.09. The summed E-state index contributed by atoms with van der Waals surface area (Å²) in [4.78, 5) is 13.8. The lowest BCUT2D eigenvalue weighted by atomic mass is 9.92. The van der Waals surface area contributed by atoms with Crippen molar-refractivity contribution in [2.75, 3.05) is 18.6 Å². The zero-order valence-electron chi connectivity index (χ0n) is 16.0. The maximum atomic E-state index is 13.1. The van der Waals surface area contributed by atoms with E-state index in [2.05, 4.69) is 0 Å². The van der Waals surface area contributed by atoms with Gasteiger partial charge in [0.1, 0.15) is 0 Å². The van der Waals surface area contributed by atoms with E-state index in [0.717, 1.165) is 12.1 Å². The van der Waals surface area contributed by atoms with Crippen LogP contribution >= 0.6 is 0 Å². The molecular weight excluding hydrogens is 416 g/mol. The van der Waals surface area contributed by atoms with Gasteiger partial charge in [0, 0.05) is 17.8 Å².